The Morgan fingerprint density at radius 2 is 1.38 bits per heavy atom. The number of nitrogens with zero attached hydrogens (tertiary/aromatic N) is 1. The van der Waals surface area contributed by atoms with Crippen LogP contribution in [0.5, 0.6) is 11.5 Å². The van der Waals surface area contributed by atoms with E-state index in [1.54, 1.807) is 0 Å². The van der Waals surface area contributed by atoms with Gasteiger partial charge in [0.05, 0.1) is 4.92 Å². The minimum Gasteiger partial charge on any atom is -0.490 e. The zero-order chi connectivity index (χ0) is 17.5. The molecule has 0 saturated heterocycles. The van der Waals surface area contributed by atoms with Gasteiger partial charge in [0.1, 0.15) is 24.7 Å². The number of Topliss-reactive ketones (excluding diaryl/α,β-unsaturated/α-hetero) is 1. The van der Waals surface area contributed by atoms with Crippen LogP contribution in [-0.2, 0) is 4.79 Å². The van der Waals surface area contributed by atoms with Gasteiger partial charge in [0, 0.05) is 17.7 Å². The highest BCUT2D eigenvalue weighted by atomic mass is 16.6. The average molecular weight is 331 g/mol. The van der Waals surface area contributed by atoms with Crippen molar-refractivity contribution in [3.8, 4) is 11.5 Å². The summed E-state index contributed by atoms with van der Waals surface area (Å²) in [6.07, 6.45) is 0. The molecular weight excluding hydrogens is 318 g/mol. The zero-order valence-electron chi connectivity index (χ0n) is 12.4. The van der Waals surface area contributed by atoms with Crippen molar-refractivity contribution in [2.75, 3.05) is 13.2 Å². The van der Waals surface area contributed by atoms with Crippen LogP contribution >= 0.6 is 0 Å². The quantitative estimate of drug-likeness (QED) is 0.259. The van der Waals surface area contributed by atoms with Crippen molar-refractivity contribution in [1.82, 2.24) is 0 Å². The lowest BCUT2D eigenvalue weighted by Gasteiger charge is -2.08. The Morgan fingerprint density at radius 3 is 1.79 bits per heavy atom. The number of hydrogen-bond acceptors (Lipinski definition) is 6. The molecule has 24 heavy (non-hydrogen) atoms. The smallest absolute Gasteiger partial charge is 0.377 e. The number of benzene rings is 2. The second-order valence-corrected chi connectivity index (χ2v) is 4.61. The van der Waals surface area contributed by atoms with Crippen molar-refractivity contribution in [3.63, 3.8) is 0 Å². The Balaban J connectivity index is 1.79. The van der Waals surface area contributed by atoms with Gasteiger partial charge in [-0.1, -0.05) is 0 Å². The first-order valence-electron chi connectivity index (χ1n) is 6.85. The predicted molar refractivity (Wildman–Crippen MR) is 82.5 cm³/mol. The van der Waals surface area contributed by atoms with Crippen molar-refractivity contribution < 1.29 is 29.1 Å². The standard InChI is InChI=1S/C16H13NO7/c18-15(16(19)20)11-1-5-13(6-2-11)23-9-10-24-14-7-3-12(4-8-14)17(21)22/h1-8H,9-10H2,(H,19,20). The number of nitro benzene ring substituents is 1. The van der Waals surface area contributed by atoms with Gasteiger partial charge < -0.3 is 14.6 Å². The van der Waals surface area contributed by atoms with Crippen molar-refractivity contribution in [2.45, 2.75) is 0 Å². The SMILES string of the molecule is O=C(O)C(=O)c1ccc(OCCOc2ccc([N+](=O)[O-])cc2)cc1. The normalized spacial score (nSPS) is 10.0. The summed E-state index contributed by atoms with van der Waals surface area (Å²) in [5, 5.41) is 19.1. The second kappa shape index (κ2) is 7.73. The highest BCUT2D eigenvalue weighted by Crippen LogP contribution is 2.17. The van der Waals surface area contributed by atoms with E-state index in [0.717, 1.165) is 0 Å². The topological polar surface area (TPSA) is 116 Å². The summed E-state index contributed by atoms with van der Waals surface area (Å²) in [6, 6.07) is 11.4. The molecule has 0 aliphatic heterocycles. The first-order valence-corrected chi connectivity index (χ1v) is 6.85. The first-order chi connectivity index (χ1) is 11.5. The van der Waals surface area contributed by atoms with Gasteiger partial charge in [-0.15, -0.1) is 0 Å². The maximum absolute atomic E-state index is 11.2. The number of ether oxygens (including phenoxy) is 2. The van der Waals surface area contributed by atoms with Crippen molar-refractivity contribution >= 4 is 17.4 Å². The largest absolute Gasteiger partial charge is 0.490 e. The molecule has 0 bridgehead atoms. The van der Waals surface area contributed by atoms with Gasteiger partial charge in [-0.3, -0.25) is 14.9 Å². The summed E-state index contributed by atoms with van der Waals surface area (Å²) in [4.78, 5) is 31.8. The van der Waals surface area contributed by atoms with Gasteiger partial charge in [-0.2, -0.15) is 0 Å². The van der Waals surface area contributed by atoms with Gasteiger partial charge >= 0.3 is 5.97 Å². The van der Waals surface area contributed by atoms with Crippen LogP contribution < -0.4 is 9.47 Å². The van der Waals surface area contributed by atoms with Gasteiger partial charge in [0.25, 0.3) is 11.5 Å². The molecule has 0 unspecified atom stereocenters. The number of nitro groups is 1. The highest BCUT2D eigenvalue weighted by molar-refractivity contribution is 6.39. The number of ketones is 1. The highest BCUT2D eigenvalue weighted by Gasteiger charge is 2.13. The number of carboxylic acids is 1. The lowest BCUT2D eigenvalue weighted by molar-refractivity contribution is -0.384. The Kier molecular flexibility index (Phi) is 5.45. The summed E-state index contributed by atoms with van der Waals surface area (Å²) in [5.74, 6) is -1.56. The molecule has 0 fully saturated rings. The molecule has 2 aromatic carbocycles. The van der Waals surface area contributed by atoms with E-state index < -0.39 is 16.7 Å². The monoisotopic (exact) mass is 331 g/mol. The summed E-state index contributed by atoms with van der Waals surface area (Å²) < 4.78 is 10.8. The minimum absolute atomic E-state index is 0.0189. The fraction of sp³-hybridized carbons (Fsp3) is 0.125. The zero-order valence-corrected chi connectivity index (χ0v) is 12.4. The van der Waals surface area contributed by atoms with E-state index in [2.05, 4.69) is 0 Å². The Labute approximate surface area is 136 Å². The van der Waals surface area contributed by atoms with Gasteiger partial charge in [-0.05, 0) is 36.4 Å². The van der Waals surface area contributed by atoms with Crippen LogP contribution in [0, 0.1) is 10.1 Å². The molecule has 0 atom stereocenters. The molecule has 0 amide bonds. The maximum atomic E-state index is 11.2. The molecule has 8 heteroatoms. The number of carbonyl (C=O) groups is 2. The summed E-state index contributed by atoms with van der Waals surface area (Å²) in [7, 11) is 0. The van der Waals surface area contributed by atoms with Crippen LogP contribution in [0.4, 0.5) is 5.69 Å². The van der Waals surface area contributed by atoms with E-state index in [1.807, 2.05) is 0 Å². The fourth-order valence-electron chi connectivity index (χ4n) is 1.81. The number of aliphatic carboxylic acids is 1. The van der Waals surface area contributed by atoms with Crippen LogP contribution in [0.15, 0.2) is 48.5 Å². The first kappa shape index (κ1) is 16.9. The molecule has 0 aromatic heterocycles. The Bertz CT molecular complexity index is 738. The van der Waals surface area contributed by atoms with E-state index in [0.29, 0.717) is 11.5 Å². The van der Waals surface area contributed by atoms with Gasteiger partial charge in [0.15, 0.2) is 0 Å². The number of non-ortho nitro benzene ring substituents is 1. The molecular formula is C16H13NO7. The van der Waals surface area contributed by atoms with Crippen molar-refractivity contribution in [3.05, 3.63) is 64.2 Å². The van der Waals surface area contributed by atoms with Crippen LogP contribution in [0.2, 0.25) is 0 Å². The van der Waals surface area contributed by atoms with E-state index in [1.165, 1.54) is 48.5 Å². The van der Waals surface area contributed by atoms with Crippen LogP contribution in [-0.4, -0.2) is 35.0 Å². The van der Waals surface area contributed by atoms with E-state index in [4.69, 9.17) is 14.6 Å². The van der Waals surface area contributed by atoms with E-state index >= 15 is 0 Å². The molecule has 0 radical (unpaired) electrons. The number of rotatable bonds is 8. The summed E-state index contributed by atoms with van der Waals surface area (Å²) in [6.45, 7) is 0.427. The van der Waals surface area contributed by atoms with E-state index in [9.17, 15) is 19.7 Å². The molecule has 8 nitrogen and oxygen atoms in total. The van der Waals surface area contributed by atoms with Crippen molar-refractivity contribution in [2.24, 2.45) is 0 Å². The Morgan fingerprint density at radius 1 is 0.917 bits per heavy atom. The lowest BCUT2D eigenvalue weighted by atomic mass is 10.1. The third kappa shape index (κ3) is 4.54. The third-order valence-electron chi connectivity index (χ3n) is 2.98. The molecule has 124 valence electrons. The minimum atomic E-state index is -1.51. The van der Waals surface area contributed by atoms with Crippen LogP contribution in [0.3, 0.4) is 0 Å². The summed E-state index contributed by atoms with van der Waals surface area (Å²) >= 11 is 0. The molecule has 0 aliphatic rings. The number of carbonyl (C=O) groups excluding carboxylic acids is 1. The summed E-state index contributed by atoms with van der Waals surface area (Å²) in [5.41, 5.74) is 0.0478. The van der Waals surface area contributed by atoms with Gasteiger partial charge in [0.2, 0.25) is 0 Å². The van der Waals surface area contributed by atoms with Crippen molar-refractivity contribution in [1.29, 1.82) is 0 Å². The molecule has 0 heterocycles. The number of carboxylic acid groups (broad SMARTS) is 1. The third-order valence-corrected chi connectivity index (χ3v) is 2.98. The molecule has 0 spiro atoms. The molecule has 0 aliphatic carbocycles. The average Bonchev–Trinajstić information content (AvgIpc) is 2.59. The number of hydrogen-bond donors (Lipinski definition) is 1. The molecule has 0 saturated carbocycles. The second-order valence-electron chi connectivity index (χ2n) is 4.61. The molecule has 2 aromatic rings. The van der Waals surface area contributed by atoms with Gasteiger partial charge in [-0.25, -0.2) is 4.79 Å². The maximum Gasteiger partial charge on any atom is 0.377 e. The molecule has 1 N–H and O–H groups in total. The fourth-order valence-corrected chi connectivity index (χ4v) is 1.81. The van der Waals surface area contributed by atoms with Crippen LogP contribution in [0.1, 0.15) is 10.4 Å². The van der Waals surface area contributed by atoms with Crippen LogP contribution in [0.25, 0.3) is 0 Å². The predicted octanol–water partition coefficient (Wildman–Crippen LogP) is 2.32. The molecule has 2 rings (SSSR count). The Hall–Kier alpha value is -3.42. The van der Waals surface area contributed by atoms with E-state index in [-0.39, 0.29) is 24.5 Å². The lowest BCUT2D eigenvalue weighted by Crippen LogP contribution is -2.12.